The van der Waals surface area contributed by atoms with Crippen LogP contribution in [0.4, 0.5) is 5.69 Å². The molecule has 0 saturated heterocycles. The highest BCUT2D eigenvalue weighted by molar-refractivity contribution is 5.97. The molecule has 2 aromatic carbocycles. The SMILES string of the molecule is CC[C@@H](CC=O)CC[C@H]1/C=C/C(=O)[C@@]2(Cc3ccc(O)c(OC)c3)CCC[C@@H]2CC#CNC(=NC)Nc2cc(cc3c2OC#CC[C@H]2C[C@](CNC)(C[C@H]2C[C@H](O)OC)O3)C12CCCC2. The quantitative estimate of drug-likeness (QED) is 0.0707. The Kier molecular flexibility index (Phi) is 15.9. The zero-order valence-corrected chi connectivity index (χ0v) is 39.1. The molecule has 1 spiro atoms. The first-order chi connectivity index (χ1) is 31.5. The van der Waals surface area contributed by atoms with Gasteiger partial charge in [0.2, 0.25) is 11.7 Å². The number of aliphatic imine (C=N–C) groups is 1. The number of rotatable bonds is 14. The molecule has 12 nitrogen and oxygen atoms in total. The van der Waals surface area contributed by atoms with E-state index in [2.05, 4.69) is 70.1 Å². The number of phenolic OH excluding ortho intramolecular Hbond substituents is 1. The first kappa shape index (κ1) is 47.9. The monoisotopic (exact) mass is 891 g/mol. The summed E-state index contributed by atoms with van der Waals surface area (Å²) in [4.78, 5) is 31.8. The van der Waals surface area contributed by atoms with E-state index < -0.39 is 17.3 Å². The largest absolute Gasteiger partial charge is 0.504 e. The lowest BCUT2D eigenvalue weighted by Gasteiger charge is -2.39. The first-order valence-corrected chi connectivity index (χ1v) is 23.9. The van der Waals surface area contributed by atoms with E-state index in [4.69, 9.17) is 18.9 Å². The Balaban J connectivity index is 1.39. The summed E-state index contributed by atoms with van der Waals surface area (Å²) < 4.78 is 24.6. The van der Waals surface area contributed by atoms with Gasteiger partial charge in [-0.2, -0.15) is 0 Å². The number of methoxy groups -OCH3 is 2. The van der Waals surface area contributed by atoms with Crippen molar-refractivity contribution in [3.63, 3.8) is 0 Å². The molecule has 0 aromatic heterocycles. The molecule has 0 radical (unpaired) electrons. The number of allylic oxidation sites excluding steroid dienone is 2. The van der Waals surface area contributed by atoms with E-state index in [1.165, 1.54) is 7.11 Å². The molecule has 350 valence electrons. The van der Waals surface area contributed by atoms with Crippen molar-refractivity contribution >= 4 is 23.7 Å². The van der Waals surface area contributed by atoms with Gasteiger partial charge in [0, 0.05) is 63.3 Å². The van der Waals surface area contributed by atoms with E-state index in [-0.39, 0.29) is 46.5 Å². The number of nitrogens with one attached hydrogen (secondary N) is 3. The molecule has 5 aliphatic rings. The molecular formula is C53H70N4O8. The minimum Gasteiger partial charge on any atom is -0.504 e. The standard InChI is InChI=1S/C53H70N4O8/c1-6-36(21-26-58)15-17-41-18-20-47(60)53(32-37-16-19-44(59)45(28-37)62-4)24-9-13-40(53)14-10-25-56-50(55-3)57-43-30-42(52(41)22-7-8-23-52)31-46-49(43)64-27-11-12-38-33-51(65-46,35-54-2)34-39(38)29-48(61)63-5/h16,18-20,26,28,30-31,36,38-41,48,54,59,61H,6-9,12-15,17,21-24,29,32-35H2,1-5H3,(H2,55,56,57)/b20-18+/t36-,38+,39-,40-,41+,48-,51-,53-/m1/s1. The number of nitrogens with zero attached hydrogens (tertiary/aromatic N) is 1. The summed E-state index contributed by atoms with van der Waals surface area (Å²) in [7, 11) is 6.72. The summed E-state index contributed by atoms with van der Waals surface area (Å²) in [5.74, 6) is 9.14. The number of ketones is 1. The van der Waals surface area contributed by atoms with Crippen LogP contribution in [0.3, 0.4) is 0 Å². The van der Waals surface area contributed by atoms with E-state index in [0.717, 1.165) is 88.0 Å². The molecule has 2 aliphatic heterocycles. The third-order valence-corrected chi connectivity index (χ3v) is 15.6. The van der Waals surface area contributed by atoms with E-state index in [9.17, 15) is 15.0 Å². The van der Waals surface area contributed by atoms with Crippen LogP contribution in [0.25, 0.3) is 0 Å². The number of aromatic hydroxyl groups is 1. The fourth-order valence-corrected chi connectivity index (χ4v) is 12.2. The maximum atomic E-state index is 15.3. The van der Waals surface area contributed by atoms with Crippen molar-refractivity contribution in [1.29, 1.82) is 0 Å². The lowest BCUT2D eigenvalue weighted by atomic mass is 9.65. The van der Waals surface area contributed by atoms with Crippen LogP contribution in [0.2, 0.25) is 0 Å². The molecule has 3 fully saturated rings. The summed E-state index contributed by atoms with van der Waals surface area (Å²) >= 11 is 0. The van der Waals surface area contributed by atoms with Crippen molar-refractivity contribution in [1.82, 2.24) is 10.6 Å². The number of aliphatic hydroxyl groups is 1. The Labute approximate surface area is 386 Å². The second-order valence-corrected chi connectivity index (χ2v) is 19.3. The van der Waals surface area contributed by atoms with Crippen molar-refractivity contribution in [3.8, 4) is 47.0 Å². The molecule has 2 heterocycles. The number of aldehydes is 1. The first-order valence-electron chi connectivity index (χ1n) is 23.9. The van der Waals surface area contributed by atoms with E-state index >= 15 is 4.79 Å². The maximum absolute atomic E-state index is 15.3. The average Bonchev–Trinajstić information content (AvgIpc) is 4.05. The highest BCUT2D eigenvalue weighted by Gasteiger charge is 2.50. The van der Waals surface area contributed by atoms with Gasteiger partial charge in [0.1, 0.15) is 18.0 Å². The molecule has 0 amide bonds. The van der Waals surface area contributed by atoms with Gasteiger partial charge in [-0.15, -0.1) is 0 Å². The Morgan fingerprint density at radius 1 is 1.09 bits per heavy atom. The van der Waals surface area contributed by atoms with Gasteiger partial charge in [0.25, 0.3) is 0 Å². The van der Waals surface area contributed by atoms with Crippen molar-refractivity contribution in [2.75, 3.05) is 40.2 Å². The highest BCUT2D eigenvalue weighted by Crippen LogP contribution is 2.55. The van der Waals surface area contributed by atoms with Gasteiger partial charge < -0.3 is 44.6 Å². The Morgan fingerprint density at radius 3 is 2.66 bits per heavy atom. The molecule has 3 aliphatic carbocycles. The number of guanidine groups is 1. The number of carbonyl (C=O) groups excluding carboxylic acids is 2. The van der Waals surface area contributed by atoms with Gasteiger partial charge in [-0.3, -0.25) is 15.1 Å². The van der Waals surface area contributed by atoms with Crippen LogP contribution in [0.15, 0.2) is 47.5 Å². The van der Waals surface area contributed by atoms with Gasteiger partial charge in [-0.05, 0) is 136 Å². The zero-order chi connectivity index (χ0) is 46.0. The number of benzene rings is 2. The molecule has 3 saturated carbocycles. The molecule has 7 rings (SSSR count). The minimum absolute atomic E-state index is 0.00497. The zero-order valence-electron chi connectivity index (χ0n) is 39.1. The number of ether oxygens (including phenoxy) is 4. The summed E-state index contributed by atoms with van der Waals surface area (Å²) in [5, 5.41) is 31.3. The van der Waals surface area contributed by atoms with Crippen LogP contribution in [-0.4, -0.2) is 75.0 Å². The maximum Gasteiger partial charge on any atom is 0.207 e. The molecule has 8 atom stereocenters. The van der Waals surface area contributed by atoms with Crippen molar-refractivity contribution < 1.29 is 38.7 Å². The summed E-state index contributed by atoms with van der Waals surface area (Å²) in [5.41, 5.74) is 0.933. The Hall–Kier alpha value is -5.01. The second-order valence-electron chi connectivity index (χ2n) is 19.3. The van der Waals surface area contributed by atoms with Gasteiger partial charge in [0.15, 0.2) is 29.3 Å². The summed E-state index contributed by atoms with van der Waals surface area (Å²) in [6, 6.07) is 12.9. The molecule has 12 heteroatoms. The van der Waals surface area contributed by atoms with Crippen molar-refractivity contribution in [2.24, 2.45) is 40.0 Å². The number of aliphatic hydroxyl groups excluding tert-OH is 1. The molecular weight excluding hydrogens is 821 g/mol. The molecule has 2 aromatic rings. The third-order valence-electron chi connectivity index (χ3n) is 15.6. The van der Waals surface area contributed by atoms with Gasteiger partial charge in [0.05, 0.1) is 12.8 Å². The van der Waals surface area contributed by atoms with E-state index in [0.29, 0.717) is 74.0 Å². The summed E-state index contributed by atoms with van der Waals surface area (Å²) in [6.45, 7) is 2.73. The predicted octanol–water partition coefficient (Wildman–Crippen LogP) is 8.19. The number of hydrogen-bond acceptors (Lipinski definition) is 10. The molecule has 4 bridgehead atoms. The topological polar surface area (TPSA) is 160 Å². The summed E-state index contributed by atoms with van der Waals surface area (Å²) in [6.07, 6.45) is 20.2. The minimum atomic E-state index is -0.886. The fourth-order valence-electron chi connectivity index (χ4n) is 12.2. The predicted molar refractivity (Wildman–Crippen MR) is 253 cm³/mol. The van der Waals surface area contributed by atoms with Crippen LogP contribution in [-0.2, 0) is 26.2 Å². The number of hydrogen-bond donors (Lipinski definition) is 5. The number of fused-ring (bicyclic) bond motifs is 8. The number of likely N-dealkylation sites (N-methyl/N-ethyl adjacent to an activating group) is 1. The molecule has 0 unspecified atom stereocenters. The van der Waals surface area contributed by atoms with Crippen LogP contribution in [0.1, 0.15) is 121 Å². The average molecular weight is 891 g/mol. The van der Waals surface area contributed by atoms with Crippen molar-refractivity contribution in [3.05, 3.63) is 53.6 Å². The van der Waals surface area contributed by atoms with Crippen LogP contribution >= 0.6 is 0 Å². The molecule has 5 N–H and O–H groups in total. The lowest BCUT2D eigenvalue weighted by Crippen LogP contribution is -2.43. The van der Waals surface area contributed by atoms with Crippen LogP contribution < -0.4 is 30.2 Å². The van der Waals surface area contributed by atoms with Gasteiger partial charge in [-0.1, -0.05) is 56.6 Å². The number of phenols is 1. The third kappa shape index (κ3) is 10.5. The van der Waals surface area contributed by atoms with Crippen molar-refractivity contribution in [2.45, 2.75) is 133 Å². The fraction of sp³-hybridized carbons (Fsp3) is 0.604. The Bertz CT molecular complexity index is 2200. The van der Waals surface area contributed by atoms with E-state index in [1.807, 2.05) is 25.3 Å². The lowest BCUT2D eigenvalue weighted by molar-refractivity contribution is -0.125. The van der Waals surface area contributed by atoms with E-state index in [1.54, 1.807) is 20.2 Å². The second kappa shape index (κ2) is 21.5. The van der Waals surface area contributed by atoms with Crippen LogP contribution in [0, 0.1) is 59.0 Å². The number of anilines is 1. The molecule has 65 heavy (non-hydrogen) atoms. The normalized spacial score (nSPS) is 29.0. The Morgan fingerprint density at radius 2 is 1.92 bits per heavy atom. The highest BCUT2D eigenvalue weighted by atomic mass is 16.6. The van der Waals surface area contributed by atoms with Gasteiger partial charge in [-0.25, -0.2) is 0 Å². The smallest absolute Gasteiger partial charge is 0.207 e. The van der Waals surface area contributed by atoms with Crippen LogP contribution in [0.5, 0.6) is 23.0 Å². The number of carbonyl (C=O) groups is 2. The van der Waals surface area contributed by atoms with Gasteiger partial charge >= 0.3 is 0 Å².